The maximum atomic E-state index is 12.9. The zero-order valence-corrected chi connectivity index (χ0v) is 18.7. The fraction of sp³-hybridized carbons (Fsp3) is 0.474. The third-order valence-electron chi connectivity index (χ3n) is 4.33. The molecule has 0 radical (unpaired) electrons. The Balaban J connectivity index is 2.01. The van der Waals surface area contributed by atoms with Crippen molar-refractivity contribution in [2.45, 2.75) is 51.6 Å². The predicted molar refractivity (Wildman–Crippen MR) is 115 cm³/mol. The number of nitrogens with zero attached hydrogens (tertiary/aromatic N) is 3. The molecule has 0 spiro atoms. The highest BCUT2D eigenvalue weighted by atomic mass is 35.5. The number of thiocarbonyl (C=S) groups is 1. The molecule has 0 aliphatic carbocycles. The first-order valence-corrected chi connectivity index (χ1v) is 10.6. The Hall–Kier alpha value is -1.77. The summed E-state index contributed by atoms with van der Waals surface area (Å²) < 4.78 is 7.08. The minimum atomic E-state index is -0.410. The molecule has 1 aliphatic heterocycles. The summed E-state index contributed by atoms with van der Waals surface area (Å²) >= 11 is 12.7. The second-order valence-corrected chi connectivity index (χ2v) is 9.57. The number of benzene rings is 1. The zero-order valence-electron chi connectivity index (χ0n) is 16.3. The van der Waals surface area contributed by atoms with Gasteiger partial charge in [0, 0.05) is 16.5 Å². The fourth-order valence-electron chi connectivity index (χ4n) is 2.83. The number of nitrogens with one attached hydrogen (secondary N) is 1. The van der Waals surface area contributed by atoms with E-state index < -0.39 is 5.91 Å². The van der Waals surface area contributed by atoms with E-state index in [1.807, 2.05) is 0 Å². The van der Waals surface area contributed by atoms with Crippen LogP contribution in [0.1, 0.15) is 49.0 Å². The fourth-order valence-corrected chi connectivity index (χ4v) is 4.26. The molecule has 1 saturated heterocycles. The summed E-state index contributed by atoms with van der Waals surface area (Å²) in [4.78, 5) is 18.6. The summed E-state index contributed by atoms with van der Waals surface area (Å²) in [6.07, 6.45) is 1.83. The third kappa shape index (κ3) is 4.79. The summed E-state index contributed by atoms with van der Waals surface area (Å²) in [5, 5.41) is 9.39. The Kier molecular flexibility index (Phi) is 6.21. The Morgan fingerprint density at radius 2 is 2.25 bits per heavy atom. The number of amides is 1. The molecule has 1 fully saturated rings. The molecule has 1 aromatic heterocycles. The van der Waals surface area contributed by atoms with Crippen LogP contribution in [-0.4, -0.2) is 33.8 Å². The van der Waals surface area contributed by atoms with Crippen molar-refractivity contribution in [3.63, 3.8) is 0 Å². The average molecular weight is 439 g/mol. The first-order chi connectivity index (χ1) is 13.2. The maximum Gasteiger partial charge on any atom is 0.283 e. The van der Waals surface area contributed by atoms with Gasteiger partial charge in [-0.3, -0.25) is 4.79 Å². The van der Waals surface area contributed by atoms with Gasteiger partial charge in [0.25, 0.3) is 5.91 Å². The molecule has 1 atom stereocenters. The largest absolute Gasteiger partial charge is 0.496 e. The highest BCUT2D eigenvalue weighted by Gasteiger charge is 2.24. The summed E-state index contributed by atoms with van der Waals surface area (Å²) in [5.74, 6) is 0.0279. The number of carbonyl (C=O) groups is 1. The monoisotopic (exact) mass is 438 g/mol. The number of methoxy groups -OCH3 is 1. The van der Waals surface area contributed by atoms with Crippen molar-refractivity contribution in [2.75, 3.05) is 7.11 Å². The van der Waals surface area contributed by atoms with Crippen LogP contribution in [0.15, 0.2) is 23.2 Å². The molecule has 2 aromatic rings. The van der Waals surface area contributed by atoms with Crippen LogP contribution in [0.3, 0.4) is 0 Å². The molecule has 1 aliphatic rings. The van der Waals surface area contributed by atoms with Crippen LogP contribution in [0.4, 0.5) is 0 Å². The van der Waals surface area contributed by atoms with Gasteiger partial charge in [0.2, 0.25) is 4.80 Å². The van der Waals surface area contributed by atoms with Gasteiger partial charge in [0.15, 0.2) is 0 Å². The van der Waals surface area contributed by atoms with Gasteiger partial charge in [0.1, 0.15) is 10.8 Å². The number of aromatic nitrogens is 2. The predicted octanol–water partition coefficient (Wildman–Crippen LogP) is 3.72. The Bertz CT molecular complexity index is 975. The molecule has 1 aromatic carbocycles. The number of hydrogen-bond donors (Lipinski definition) is 1. The summed E-state index contributed by atoms with van der Waals surface area (Å²) in [6.45, 7) is 6.87. The number of ether oxygens (including phenoxy) is 1. The molecule has 150 valence electrons. The van der Waals surface area contributed by atoms with Crippen molar-refractivity contribution in [2.24, 2.45) is 4.99 Å². The number of rotatable bonds is 4. The van der Waals surface area contributed by atoms with E-state index in [1.165, 1.54) is 18.4 Å². The molecule has 0 saturated carbocycles. The third-order valence-corrected chi connectivity index (χ3v) is 6.26. The van der Waals surface area contributed by atoms with E-state index in [-0.39, 0.29) is 11.5 Å². The van der Waals surface area contributed by atoms with E-state index in [4.69, 9.17) is 33.7 Å². The second kappa shape index (κ2) is 8.31. The lowest BCUT2D eigenvalue weighted by atomic mass is 9.98. The maximum absolute atomic E-state index is 12.9. The SMILES string of the molecule is COc1ccc(Cl)cc1C(=O)N=c1sc(C(C)(C)C)nn1C[C@H]1CCC(=S)N1. The lowest BCUT2D eigenvalue weighted by Crippen LogP contribution is -2.33. The number of hydrogen-bond acceptors (Lipinski definition) is 5. The molecular formula is C19H23ClN4O2S2. The molecule has 1 amide bonds. The van der Waals surface area contributed by atoms with Gasteiger partial charge in [-0.05, 0) is 31.0 Å². The first kappa shape index (κ1) is 21.0. The van der Waals surface area contributed by atoms with E-state index in [0.717, 1.165) is 22.8 Å². The minimum absolute atomic E-state index is 0.143. The number of carbonyl (C=O) groups excluding carboxylic acids is 1. The van der Waals surface area contributed by atoms with Gasteiger partial charge in [-0.15, -0.1) is 0 Å². The normalized spacial score (nSPS) is 17.7. The molecule has 9 heteroatoms. The average Bonchev–Trinajstić information content (AvgIpc) is 3.21. The van der Waals surface area contributed by atoms with Crippen LogP contribution < -0.4 is 14.9 Å². The topological polar surface area (TPSA) is 68.5 Å². The number of halogens is 1. The van der Waals surface area contributed by atoms with Gasteiger partial charge in [0.05, 0.1) is 24.2 Å². The van der Waals surface area contributed by atoms with E-state index in [1.54, 1.807) is 22.9 Å². The van der Waals surface area contributed by atoms with Gasteiger partial charge >= 0.3 is 0 Å². The minimum Gasteiger partial charge on any atom is -0.496 e. The highest BCUT2D eigenvalue weighted by Crippen LogP contribution is 2.24. The van der Waals surface area contributed by atoms with Crippen molar-refractivity contribution < 1.29 is 9.53 Å². The van der Waals surface area contributed by atoms with Crippen molar-refractivity contribution in [1.82, 2.24) is 15.1 Å². The molecule has 3 rings (SSSR count). The van der Waals surface area contributed by atoms with E-state index in [9.17, 15) is 4.79 Å². The Morgan fingerprint density at radius 1 is 1.50 bits per heavy atom. The zero-order chi connectivity index (χ0) is 20.5. The lowest BCUT2D eigenvalue weighted by Gasteiger charge is -2.14. The Labute approximate surface area is 178 Å². The van der Waals surface area contributed by atoms with E-state index in [0.29, 0.717) is 27.7 Å². The van der Waals surface area contributed by atoms with Crippen molar-refractivity contribution in [3.05, 3.63) is 38.6 Å². The second-order valence-electron chi connectivity index (χ2n) is 7.69. The van der Waals surface area contributed by atoms with Gasteiger partial charge in [-0.25, -0.2) is 4.68 Å². The van der Waals surface area contributed by atoms with Crippen molar-refractivity contribution in [3.8, 4) is 5.75 Å². The quantitative estimate of drug-likeness (QED) is 0.736. The highest BCUT2D eigenvalue weighted by molar-refractivity contribution is 7.80. The summed E-state index contributed by atoms with van der Waals surface area (Å²) in [5.41, 5.74) is 0.183. The van der Waals surface area contributed by atoms with Crippen LogP contribution in [-0.2, 0) is 12.0 Å². The van der Waals surface area contributed by atoms with Crippen LogP contribution in [0.5, 0.6) is 5.75 Å². The summed E-state index contributed by atoms with van der Waals surface area (Å²) in [7, 11) is 1.51. The van der Waals surface area contributed by atoms with Gasteiger partial charge in [-0.1, -0.05) is 55.9 Å². The van der Waals surface area contributed by atoms with Crippen molar-refractivity contribution >= 4 is 46.1 Å². The van der Waals surface area contributed by atoms with Crippen molar-refractivity contribution in [1.29, 1.82) is 0 Å². The van der Waals surface area contributed by atoms with Crippen LogP contribution in [0, 0.1) is 0 Å². The van der Waals surface area contributed by atoms with E-state index in [2.05, 4.69) is 31.1 Å². The molecule has 0 bridgehead atoms. The standard InChI is InChI=1S/C19H23ClN4O2S2/c1-19(2,3)17-23-24(10-12-6-8-15(27)21-12)18(28-17)22-16(25)13-9-11(20)5-7-14(13)26-4/h5,7,9,12H,6,8,10H2,1-4H3,(H,21,27)/t12-/m1/s1. The van der Waals surface area contributed by atoms with Crippen LogP contribution >= 0.6 is 35.2 Å². The summed E-state index contributed by atoms with van der Waals surface area (Å²) in [6, 6.07) is 5.10. The molecule has 28 heavy (non-hydrogen) atoms. The van der Waals surface area contributed by atoms with E-state index >= 15 is 0 Å². The lowest BCUT2D eigenvalue weighted by molar-refractivity contribution is 0.0994. The molecular weight excluding hydrogens is 416 g/mol. The molecule has 2 heterocycles. The molecule has 1 N–H and O–H groups in total. The van der Waals surface area contributed by atoms with Crippen LogP contribution in [0.25, 0.3) is 0 Å². The first-order valence-electron chi connectivity index (χ1n) is 8.98. The Morgan fingerprint density at radius 3 is 2.86 bits per heavy atom. The van der Waals surface area contributed by atoms with Gasteiger partial charge < -0.3 is 10.1 Å². The molecule has 6 nitrogen and oxygen atoms in total. The van der Waals surface area contributed by atoms with Crippen LogP contribution in [0.2, 0.25) is 5.02 Å². The van der Waals surface area contributed by atoms with Gasteiger partial charge in [-0.2, -0.15) is 10.1 Å². The smallest absolute Gasteiger partial charge is 0.283 e. The molecule has 0 unspecified atom stereocenters.